The number of primary sulfonamides is 1. The zero-order valence-corrected chi connectivity index (χ0v) is 19.1. The van der Waals surface area contributed by atoms with Crippen LogP contribution >= 0.6 is 11.8 Å². The first-order valence-corrected chi connectivity index (χ1v) is 12.1. The summed E-state index contributed by atoms with van der Waals surface area (Å²) < 4.78 is 66.5. The number of nitrogens with one attached hydrogen (secondary N) is 2. The lowest BCUT2D eigenvalue weighted by molar-refractivity contribution is 0.0956. The highest BCUT2D eigenvalue weighted by atomic mass is 32.2. The van der Waals surface area contributed by atoms with E-state index in [9.17, 15) is 31.6 Å². The highest BCUT2D eigenvalue weighted by molar-refractivity contribution is 7.99. The molecule has 0 bridgehead atoms. The monoisotopic (exact) mass is 530 g/mol. The number of carbonyl (C=O) groups is 1. The van der Waals surface area contributed by atoms with Gasteiger partial charge < -0.3 is 5.32 Å². The molecule has 5 N–H and O–H groups in total. The summed E-state index contributed by atoms with van der Waals surface area (Å²) >= 11 is 1.07. The van der Waals surface area contributed by atoms with E-state index in [0.717, 1.165) is 30.0 Å². The van der Waals surface area contributed by atoms with Crippen LogP contribution in [0.5, 0.6) is 0 Å². The highest BCUT2D eigenvalue weighted by Crippen LogP contribution is 2.27. The molecule has 16 heteroatoms. The van der Waals surface area contributed by atoms with Crippen molar-refractivity contribution < 1.29 is 36.2 Å². The first-order valence-electron chi connectivity index (χ1n) is 9.53. The van der Waals surface area contributed by atoms with Gasteiger partial charge in [0.1, 0.15) is 5.82 Å². The molecule has 0 aliphatic heterocycles. The minimum Gasteiger partial charge on any atom is -0.351 e. The van der Waals surface area contributed by atoms with Crippen molar-refractivity contribution in [1.82, 2.24) is 21.1 Å². The Bertz CT molecular complexity index is 1330. The van der Waals surface area contributed by atoms with Gasteiger partial charge in [-0.2, -0.15) is 0 Å². The van der Waals surface area contributed by atoms with Gasteiger partial charge in [-0.05, 0) is 52.8 Å². The lowest BCUT2D eigenvalue weighted by Crippen LogP contribution is -2.26. The van der Waals surface area contributed by atoms with Crippen LogP contribution in [0, 0.1) is 5.82 Å². The van der Waals surface area contributed by atoms with E-state index in [2.05, 4.69) is 25.3 Å². The number of amidine groups is 1. The van der Waals surface area contributed by atoms with Gasteiger partial charge in [0.25, 0.3) is 12.3 Å². The lowest BCUT2D eigenvalue weighted by atomic mass is 10.2. The van der Waals surface area contributed by atoms with Crippen molar-refractivity contribution in [2.24, 2.45) is 10.1 Å². The van der Waals surface area contributed by atoms with E-state index in [1.54, 1.807) is 5.48 Å². The van der Waals surface area contributed by atoms with Crippen molar-refractivity contribution in [2.75, 3.05) is 12.3 Å². The molecule has 1 heterocycles. The van der Waals surface area contributed by atoms with E-state index >= 15 is 0 Å². The van der Waals surface area contributed by atoms with Gasteiger partial charge in [0.2, 0.25) is 10.0 Å². The number of nitrogens with two attached hydrogens (primary N) is 1. The number of aromatic nitrogens is 2. The van der Waals surface area contributed by atoms with Gasteiger partial charge in [-0.25, -0.2) is 36.3 Å². The molecule has 1 aromatic heterocycles. The number of nitrogens with zero attached hydrogens (tertiary/aromatic N) is 3. The van der Waals surface area contributed by atoms with E-state index in [4.69, 9.17) is 5.14 Å². The maximum atomic E-state index is 13.5. The van der Waals surface area contributed by atoms with Crippen molar-refractivity contribution in [3.63, 3.8) is 0 Å². The van der Waals surface area contributed by atoms with Crippen LogP contribution in [0.1, 0.15) is 28.0 Å². The maximum Gasteiger partial charge on any atom is 0.266 e. The maximum absolute atomic E-state index is 13.5. The molecule has 35 heavy (non-hydrogen) atoms. The van der Waals surface area contributed by atoms with Gasteiger partial charge in [0.15, 0.2) is 16.6 Å². The second-order valence-corrected chi connectivity index (χ2v) is 9.32. The van der Waals surface area contributed by atoms with Gasteiger partial charge in [0, 0.05) is 17.9 Å². The van der Waals surface area contributed by atoms with Gasteiger partial charge in [0.05, 0.1) is 16.1 Å². The van der Waals surface area contributed by atoms with E-state index in [-0.39, 0.29) is 45.0 Å². The van der Waals surface area contributed by atoms with Crippen molar-refractivity contribution in [1.29, 1.82) is 0 Å². The first kappa shape index (κ1) is 26.1. The predicted molar refractivity (Wildman–Crippen MR) is 118 cm³/mol. The van der Waals surface area contributed by atoms with Crippen LogP contribution in [0.25, 0.3) is 0 Å². The Balaban J connectivity index is 1.62. The lowest BCUT2D eigenvalue weighted by Gasteiger charge is -2.07. The van der Waals surface area contributed by atoms with Crippen LogP contribution < -0.4 is 15.9 Å². The molecule has 0 unspecified atom stereocenters. The molecule has 0 saturated carbocycles. The number of aliphatic imine (C=N–C) groups is 1. The summed E-state index contributed by atoms with van der Waals surface area (Å²) in [6, 6.07) is 7.81. The topological polar surface area (TPSA) is 173 Å². The Morgan fingerprint density at radius 2 is 1.91 bits per heavy atom. The van der Waals surface area contributed by atoms with Gasteiger partial charge in [-0.15, -0.1) is 0 Å². The number of hydrogen-bond acceptors (Lipinski definition) is 9. The van der Waals surface area contributed by atoms with E-state index in [0.29, 0.717) is 0 Å². The molecular formula is C19H17F3N6O5S2. The Hall–Kier alpha value is -3.47. The normalized spacial score (nSPS) is 12.1. The summed E-state index contributed by atoms with van der Waals surface area (Å²) in [5.41, 5.74) is 0.998. The van der Waals surface area contributed by atoms with Crippen LogP contribution in [-0.2, 0) is 10.0 Å². The smallest absolute Gasteiger partial charge is 0.266 e. The summed E-state index contributed by atoms with van der Waals surface area (Å²) in [5, 5.41) is 24.5. The van der Waals surface area contributed by atoms with E-state index in [1.807, 2.05) is 0 Å². The number of halogens is 3. The average Bonchev–Trinajstić information content (AvgIpc) is 3.28. The number of hydroxylamine groups is 1. The van der Waals surface area contributed by atoms with E-state index in [1.165, 1.54) is 24.3 Å². The van der Waals surface area contributed by atoms with Crippen LogP contribution in [0.15, 0.2) is 62.0 Å². The average molecular weight is 531 g/mol. The summed E-state index contributed by atoms with van der Waals surface area (Å²) in [6.45, 7) is 0.154. The number of sulfonamides is 1. The second kappa shape index (κ2) is 11.3. The summed E-state index contributed by atoms with van der Waals surface area (Å²) in [4.78, 5) is 16.0. The predicted octanol–water partition coefficient (Wildman–Crippen LogP) is 2.37. The van der Waals surface area contributed by atoms with Gasteiger partial charge in [-0.3, -0.25) is 15.5 Å². The summed E-state index contributed by atoms with van der Waals surface area (Å²) in [5.74, 6) is -1.58. The number of hydrogen-bond donors (Lipinski definition) is 4. The molecule has 0 aliphatic rings. The number of alkyl halides is 2. The zero-order valence-electron chi connectivity index (χ0n) is 17.5. The molecule has 1 amide bonds. The fourth-order valence-corrected chi connectivity index (χ4v) is 3.93. The number of carbonyl (C=O) groups excluding carboxylic acids is 1. The fraction of sp³-hybridized carbons (Fsp3) is 0.158. The molecule has 0 aliphatic carbocycles. The fourth-order valence-electron chi connectivity index (χ4n) is 2.66. The molecule has 0 radical (unpaired) electrons. The van der Waals surface area contributed by atoms with Crippen LogP contribution in [0.2, 0.25) is 0 Å². The van der Waals surface area contributed by atoms with Gasteiger partial charge in [-0.1, -0.05) is 11.8 Å². The molecule has 0 saturated heterocycles. The molecule has 0 fully saturated rings. The highest BCUT2D eigenvalue weighted by Gasteiger charge is 2.19. The number of benzene rings is 2. The molecule has 3 aromatic rings. The quantitative estimate of drug-likeness (QED) is 0.106. The SMILES string of the molecule is NS(=O)(=O)c1ccc(C(=O)NCCSc2nonc2C(=Nc2ccc(F)c(C(F)F)c2)NO)cc1. The summed E-state index contributed by atoms with van der Waals surface area (Å²) in [6.07, 6.45) is -3.06. The standard InChI is InChI=1S/C19H17F3N6O5S2/c20-14-6-3-11(9-13(14)16(21)22)25-17(26-30)15-19(28-33-27-15)34-8-7-24-18(29)10-1-4-12(5-2-10)35(23,31)32/h1-6,9,16,30H,7-8H2,(H,24,29)(H,25,26)(H2,23,31,32). The Morgan fingerprint density at radius 3 is 2.54 bits per heavy atom. The Labute approximate surface area is 200 Å². The number of thioether (sulfide) groups is 1. The van der Waals surface area contributed by atoms with Crippen molar-refractivity contribution in [2.45, 2.75) is 16.3 Å². The molecule has 0 atom stereocenters. The Kier molecular flexibility index (Phi) is 8.44. The molecular weight excluding hydrogens is 513 g/mol. The largest absolute Gasteiger partial charge is 0.351 e. The minimum atomic E-state index is -3.87. The third-order valence-electron chi connectivity index (χ3n) is 4.32. The zero-order chi connectivity index (χ0) is 25.6. The second-order valence-electron chi connectivity index (χ2n) is 6.67. The Morgan fingerprint density at radius 1 is 1.20 bits per heavy atom. The number of rotatable bonds is 9. The molecule has 2 aromatic carbocycles. The summed E-state index contributed by atoms with van der Waals surface area (Å²) in [7, 11) is -3.87. The van der Waals surface area contributed by atoms with E-state index < -0.39 is 33.7 Å². The molecule has 0 spiro atoms. The third-order valence-corrected chi connectivity index (χ3v) is 6.19. The molecule has 186 valence electrons. The van der Waals surface area contributed by atoms with Crippen molar-refractivity contribution in [3.8, 4) is 0 Å². The van der Waals surface area contributed by atoms with Gasteiger partial charge >= 0.3 is 0 Å². The van der Waals surface area contributed by atoms with Crippen molar-refractivity contribution in [3.05, 3.63) is 65.1 Å². The third kappa shape index (κ3) is 6.78. The molecule has 3 rings (SSSR count). The molecule has 11 nitrogen and oxygen atoms in total. The first-order chi connectivity index (χ1) is 16.6. The van der Waals surface area contributed by atoms with Crippen LogP contribution in [-0.4, -0.2) is 48.0 Å². The van der Waals surface area contributed by atoms with Crippen molar-refractivity contribution >= 4 is 39.2 Å². The minimum absolute atomic E-state index is 0.0506. The number of amides is 1. The van der Waals surface area contributed by atoms with Crippen LogP contribution in [0.4, 0.5) is 18.9 Å². The van der Waals surface area contributed by atoms with Crippen LogP contribution in [0.3, 0.4) is 0 Å².